The number of carbonyl (C=O) groups is 1. The number of hydrogen-bond donors (Lipinski definition) is 2. The van der Waals surface area contributed by atoms with Gasteiger partial charge < -0.3 is 20.1 Å². The maximum absolute atomic E-state index is 12.4. The van der Waals surface area contributed by atoms with Crippen LogP contribution in [0.25, 0.3) is 0 Å². The van der Waals surface area contributed by atoms with Crippen molar-refractivity contribution in [1.82, 2.24) is 10.2 Å². The van der Waals surface area contributed by atoms with Gasteiger partial charge in [-0.25, -0.2) is 0 Å². The van der Waals surface area contributed by atoms with Gasteiger partial charge in [-0.3, -0.25) is 4.79 Å². The highest BCUT2D eigenvalue weighted by atomic mass is 16.5. The zero-order valence-electron chi connectivity index (χ0n) is 13.9. The van der Waals surface area contributed by atoms with E-state index in [4.69, 9.17) is 4.74 Å². The Bertz CT molecular complexity index is 567. The third-order valence-electron chi connectivity index (χ3n) is 4.94. The number of nitrogens with one attached hydrogen (secondary N) is 1. The summed E-state index contributed by atoms with van der Waals surface area (Å²) in [5, 5.41) is 12.6. The van der Waals surface area contributed by atoms with E-state index in [1.807, 2.05) is 11.0 Å². The predicted octanol–water partition coefficient (Wildman–Crippen LogP) is 1.40. The quantitative estimate of drug-likeness (QED) is 0.884. The second kappa shape index (κ2) is 6.89. The highest BCUT2D eigenvalue weighted by molar-refractivity contribution is 5.82. The number of carbonyl (C=O) groups excluding carboxylic acids is 1. The molecule has 0 saturated carbocycles. The van der Waals surface area contributed by atoms with E-state index in [0.29, 0.717) is 13.0 Å². The smallest absolute Gasteiger partial charge is 0.239 e. The molecule has 5 heteroatoms. The van der Waals surface area contributed by atoms with Crippen LogP contribution >= 0.6 is 0 Å². The van der Waals surface area contributed by atoms with Gasteiger partial charge in [0.25, 0.3) is 0 Å². The Kier molecular flexibility index (Phi) is 4.87. The summed E-state index contributed by atoms with van der Waals surface area (Å²) in [6.45, 7) is 6.15. The number of amides is 1. The lowest BCUT2D eigenvalue weighted by Gasteiger charge is -2.33. The van der Waals surface area contributed by atoms with Crippen molar-refractivity contribution in [3.8, 4) is 5.75 Å². The van der Waals surface area contributed by atoms with Gasteiger partial charge in [-0.1, -0.05) is 6.07 Å². The number of likely N-dealkylation sites (tertiary alicyclic amines) is 1. The van der Waals surface area contributed by atoms with Crippen LogP contribution in [0.4, 0.5) is 0 Å². The van der Waals surface area contributed by atoms with E-state index in [0.717, 1.165) is 31.7 Å². The lowest BCUT2D eigenvalue weighted by atomic mass is 10.1. The summed E-state index contributed by atoms with van der Waals surface area (Å²) in [6.07, 6.45) is 2.01. The first-order valence-electron chi connectivity index (χ1n) is 8.47. The second-order valence-electron chi connectivity index (χ2n) is 6.74. The molecular formula is C18H26N2O3. The maximum Gasteiger partial charge on any atom is 0.239 e. The van der Waals surface area contributed by atoms with Crippen molar-refractivity contribution in [3.05, 3.63) is 29.3 Å². The Hall–Kier alpha value is -1.59. The minimum Gasteiger partial charge on any atom is -0.490 e. The summed E-state index contributed by atoms with van der Waals surface area (Å²) < 4.78 is 6.07. The van der Waals surface area contributed by atoms with E-state index in [1.54, 1.807) is 0 Å². The number of nitrogens with zero attached hydrogens (tertiary/aromatic N) is 1. The fraction of sp³-hybridized carbons (Fsp3) is 0.611. The van der Waals surface area contributed by atoms with Gasteiger partial charge in [0.15, 0.2) is 0 Å². The van der Waals surface area contributed by atoms with E-state index < -0.39 is 6.10 Å². The lowest BCUT2D eigenvalue weighted by molar-refractivity contribution is -0.135. The molecule has 5 nitrogen and oxygen atoms in total. The highest BCUT2D eigenvalue weighted by Crippen LogP contribution is 2.22. The van der Waals surface area contributed by atoms with Crippen molar-refractivity contribution in [2.24, 2.45) is 0 Å². The molecule has 0 aromatic heterocycles. The van der Waals surface area contributed by atoms with E-state index in [2.05, 4.69) is 31.3 Å². The summed E-state index contributed by atoms with van der Waals surface area (Å²) in [5.74, 6) is 1.03. The highest BCUT2D eigenvalue weighted by Gasteiger charge is 2.33. The van der Waals surface area contributed by atoms with Gasteiger partial charge in [0.1, 0.15) is 11.9 Å². The molecule has 3 rings (SSSR count). The largest absolute Gasteiger partial charge is 0.490 e. The molecule has 2 saturated heterocycles. The fourth-order valence-electron chi connectivity index (χ4n) is 3.30. The summed E-state index contributed by atoms with van der Waals surface area (Å²) in [4.78, 5) is 14.3. The molecule has 1 aromatic carbocycles. The summed E-state index contributed by atoms with van der Waals surface area (Å²) >= 11 is 0. The number of benzene rings is 1. The molecule has 0 unspecified atom stereocenters. The summed E-state index contributed by atoms with van der Waals surface area (Å²) in [7, 11) is 0. The van der Waals surface area contributed by atoms with Crippen molar-refractivity contribution in [2.75, 3.05) is 19.6 Å². The van der Waals surface area contributed by atoms with Crippen LogP contribution in [-0.4, -0.2) is 53.8 Å². The van der Waals surface area contributed by atoms with Crippen LogP contribution in [0.5, 0.6) is 5.75 Å². The first-order chi connectivity index (χ1) is 11.0. The zero-order chi connectivity index (χ0) is 16.4. The number of aryl methyl sites for hydroxylation is 2. The van der Waals surface area contributed by atoms with E-state index in [9.17, 15) is 9.90 Å². The number of hydrogen-bond acceptors (Lipinski definition) is 4. The first kappa shape index (κ1) is 16.3. The average molecular weight is 318 g/mol. The van der Waals surface area contributed by atoms with Gasteiger partial charge in [0.2, 0.25) is 5.91 Å². The third kappa shape index (κ3) is 3.85. The van der Waals surface area contributed by atoms with Gasteiger partial charge in [-0.05, 0) is 43.5 Å². The number of aliphatic hydroxyl groups excluding tert-OH is 1. The third-order valence-corrected chi connectivity index (χ3v) is 4.94. The van der Waals surface area contributed by atoms with Crippen molar-refractivity contribution in [2.45, 2.75) is 51.4 Å². The Morgan fingerprint density at radius 3 is 2.61 bits per heavy atom. The van der Waals surface area contributed by atoms with Gasteiger partial charge >= 0.3 is 0 Å². The van der Waals surface area contributed by atoms with Gasteiger partial charge in [-0.2, -0.15) is 0 Å². The van der Waals surface area contributed by atoms with Crippen molar-refractivity contribution >= 4 is 5.91 Å². The number of piperidine rings is 1. The zero-order valence-corrected chi connectivity index (χ0v) is 13.9. The molecule has 1 aromatic rings. The van der Waals surface area contributed by atoms with Crippen LogP contribution in [0, 0.1) is 13.8 Å². The second-order valence-corrected chi connectivity index (χ2v) is 6.74. The molecule has 2 N–H and O–H groups in total. The van der Waals surface area contributed by atoms with Crippen LogP contribution in [0.2, 0.25) is 0 Å². The van der Waals surface area contributed by atoms with E-state index in [1.165, 1.54) is 11.1 Å². The molecule has 2 fully saturated rings. The standard InChI is InChI=1S/C18H26N2O3/c1-12-3-4-16(9-13(12)2)23-15-5-7-20(8-6-15)18(22)17-10-14(21)11-19-17/h3-4,9,14-15,17,19,21H,5-8,10-11H2,1-2H3/t14-,17+/m1/s1. The SMILES string of the molecule is Cc1ccc(OC2CCN(C(=O)[C@@H]3C[C@@H](O)CN3)CC2)cc1C. The number of β-amino-alcohol motifs (C(OH)–C–C–N with tert-alkyl or cyclic N) is 1. The van der Waals surface area contributed by atoms with Crippen LogP contribution in [0.15, 0.2) is 18.2 Å². The molecule has 0 bridgehead atoms. The number of ether oxygens (including phenoxy) is 1. The molecule has 2 heterocycles. The molecular weight excluding hydrogens is 292 g/mol. The van der Waals surface area contributed by atoms with Crippen LogP contribution in [-0.2, 0) is 4.79 Å². The Labute approximate surface area is 137 Å². The van der Waals surface area contributed by atoms with Gasteiger partial charge in [0, 0.05) is 32.5 Å². The van der Waals surface area contributed by atoms with Gasteiger partial charge in [-0.15, -0.1) is 0 Å². The first-order valence-corrected chi connectivity index (χ1v) is 8.47. The van der Waals surface area contributed by atoms with Crippen LogP contribution < -0.4 is 10.1 Å². The summed E-state index contributed by atoms with van der Waals surface area (Å²) in [6, 6.07) is 5.96. The van der Waals surface area contributed by atoms with Crippen molar-refractivity contribution < 1.29 is 14.6 Å². The average Bonchev–Trinajstić information content (AvgIpc) is 2.97. The number of aliphatic hydroxyl groups is 1. The number of rotatable bonds is 3. The Morgan fingerprint density at radius 1 is 1.26 bits per heavy atom. The molecule has 126 valence electrons. The molecule has 1 amide bonds. The Balaban J connectivity index is 1.50. The molecule has 0 radical (unpaired) electrons. The molecule has 0 aliphatic carbocycles. The molecule has 2 aliphatic rings. The van der Waals surface area contributed by atoms with Crippen LogP contribution in [0.1, 0.15) is 30.4 Å². The van der Waals surface area contributed by atoms with E-state index >= 15 is 0 Å². The van der Waals surface area contributed by atoms with E-state index in [-0.39, 0.29) is 18.1 Å². The maximum atomic E-state index is 12.4. The molecule has 2 atom stereocenters. The molecule has 0 spiro atoms. The van der Waals surface area contributed by atoms with Crippen molar-refractivity contribution in [1.29, 1.82) is 0 Å². The van der Waals surface area contributed by atoms with Gasteiger partial charge in [0.05, 0.1) is 12.1 Å². The topological polar surface area (TPSA) is 61.8 Å². The monoisotopic (exact) mass is 318 g/mol. The summed E-state index contributed by atoms with van der Waals surface area (Å²) in [5.41, 5.74) is 2.50. The Morgan fingerprint density at radius 2 is 2.00 bits per heavy atom. The predicted molar refractivity (Wildman–Crippen MR) is 88.6 cm³/mol. The van der Waals surface area contributed by atoms with Crippen molar-refractivity contribution in [3.63, 3.8) is 0 Å². The minimum absolute atomic E-state index is 0.117. The minimum atomic E-state index is -0.394. The fourth-order valence-corrected chi connectivity index (χ4v) is 3.30. The lowest BCUT2D eigenvalue weighted by Crippen LogP contribution is -2.48. The van der Waals surface area contributed by atoms with Crippen LogP contribution in [0.3, 0.4) is 0 Å². The normalized spacial score (nSPS) is 25.6. The molecule has 2 aliphatic heterocycles. The molecule has 23 heavy (non-hydrogen) atoms.